The summed E-state index contributed by atoms with van der Waals surface area (Å²) in [4.78, 5) is 17.1. The fourth-order valence-electron chi connectivity index (χ4n) is 2.23. The van der Waals surface area contributed by atoms with Gasteiger partial charge in [0.25, 0.3) is 0 Å². The van der Waals surface area contributed by atoms with Crippen LogP contribution in [-0.4, -0.2) is 37.3 Å². The fraction of sp³-hybridized carbons (Fsp3) is 0.188. The zero-order valence-electron chi connectivity index (χ0n) is 14.1. The second kappa shape index (κ2) is 7.84. The number of carbonyl (C=O) groups excluding carboxylic acids is 1. The van der Waals surface area contributed by atoms with Crippen LogP contribution >= 0.6 is 11.3 Å². The third-order valence-electron chi connectivity index (χ3n) is 3.46. The molecule has 0 saturated heterocycles. The molecule has 11 heteroatoms. The van der Waals surface area contributed by atoms with Gasteiger partial charge in [-0.05, 0) is 23.6 Å². The van der Waals surface area contributed by atoms with Crippen LogP contribution in [0.2, 0.25) is 0 Å². The minimum Gasteiger partial charge on any atom is -0.345 e. The van der Waals surface area contributed by atoms with E-state index < -0.39 is 28.3 Å². The minimum absolute atomic E-state index is 0.0773. The van der Waals surface area contributed by atoms with Gasteiger partial charge in [-0.3, -0.25) is 9.10 Å². The summed E-state index contributed by atoms with van der Waals surface area (Å²) < 4.78 is 43.6. The van der Waals surface area contributed by atoms with Crippen LogP contribution in [0.4, 0.5) is 10.1 Å². The summed E-state index contributed by atoms with van der Waals surface area (Å²) in [6.07, 6.45) is 0.901. The van der Waals surface area contributed by atoms with Crippen molar-refractivity contribution in [1.82, 2.24) is 15.5 Å². The van der Waals surface area contributed by atoms with Crippen molar-refractivity contribution in [3.8, 4) is 10.7 Å². The molecule has 1 N–H and O–H groups in total. The quantitative estimate of drug-likeness (QED) is 0.639. The number of nitrogens with one attached hydrogen (secondary N) is 1. The van der Waals surface area contributed by atoms with Crippen molar-refractivity contribution in [3.63, 3.8) is 0 Å². The molecule has 1 amide bonds. The molecule has 3 aromatic rings. The SMILES string of the molecule is CS(=O)(=O)N(CC(=O)NCc1nc(-c2cccs2)no1)c1ccccc1F. The van der Waals surface area contributed by atoms with E-state index in [0.717, 1.165) is 17.2 Å². The Morgan fingerprint density at radius 3 is 2.74 bits per heavy atom. The second-order valence-electron chi connectivity index (χ2n) is 5.49. The first-order valence-electron chi connectivity index (χ1n) is 7.70. The highest BCUT2D eigenvalue weighted by atomic mass is 32.2. The zero-order chi connectivity index (χ0) is 19.4. The number of halogens is 1. The molecule has 0 fully saturated rings. The summed E-state index contributed by atoms with van der Waals surface area (Å²) >= 11 is 1.44. The lowest BCUT2D eigenvalue weighted by Crippen LogP contribution is -2.40. The third-order valence-corrected chi connectivity index (χ3v) is 5.45. The Morgan fingerprint density at radius 2 is 2.07 bits per heavy atom. The van der Waals surface area contributed by atoms with Gasteiger partial charge in [0.05, 0.1) is 23.4 Å². The van der Waals surface area contributed by atoms with Crippen molar-refractivity contribution in [2.24, 2.45) is 0 Å². The van der Waals surface area contributed by atoms with Crippen LogP contribution in [0.3, 0.4) is 0 Å². The van der Waals surface area contributed by atoms with E-state index in [1.165, 1.54) is 29.5 Å². The maximum Gasteiger partial charge on any atom is 0.246 e. The lowest BCUT2D eigenvalue weighted by atomic mass is 10.3. The molecule has 0 saturated carbocycles. The maximum absolute atomic E-state index is 13.9. The number of nitrogens with zero attached hydrogens (tertiary/aromatic N) is 3. The number of aromatic nitrogens is 2. The Balaban J connectivity index is 1.66. The Labute approximate surface area is 158 Å². The molecule has 3 rings (SSSR count). The Morgan fingerprint density at radius 1 is 1.30 bits per heavy atom. The number of para-hydroxylation sites is 1. The summed E-state index contributed by atoms with van der Waals surface area (Å²) in [5.41, 5.74) is -0.201. The molecule has 0 spiro atoms. The number of benzene rings is 1. The van der Waals surface area contributed by atoms with Crippen LogP contribution in [0.25, 0.3) is 10.7 Å². The van der Waals surface area contributed by atoms with Gasteiger partial charge in [-0.25, -0.2) is 12.8 Å². The van der Waals surface area contributed by atoms with E-state index in [9.17, 15) is 17.6 Å². The number of hydrogen-bond donors (Lipinski definition) is 1. The molecule has 2 heterocycles. The van der Waals surface area contributed by atoms with Crippen LogP contribution < -0.4 is 9.62 Å². The minimum atomic E-state index is -3.86. The Hall–Kier alpha value is -2.79. The predicted molar refractivity (Wildman–Crippen MR) is 98.0 cm³/mol. The average Bonchev–Trinajstić information content (AvgIpc) is 3.29. The average molecular weight is 410 g/mol. The smallest absolute Gasteiger partial charge is 0.246 e. The molecule has 142 valence electrons. The van der Waals surface area contributed by atoms with Gasteiger partial charge in [0.2, 0.25) is 27.6 Å². The van der Waals surface area contributed by atoms with E-state index in [1.54, 1.807) is 0 Å². The molecule has 0 unspecified atom stereocenters. The van der Waals surface area contributed by atoms with Crippen LogP contribution in [-0.2, 0) is 21.4 Å². The maximum atomic E-state index is 13.9. The summed E-state index contributed by atoms with van der Waals surface area (Å²) in [6.45, 7) is -0.655. The second-order valence-corrected chi connectivity index (χ2v) is 8.34. The Bertz CT molecular complexity index is 1030. The van der Waals surface area contributed by atoms with Gasteiger partial charge in [-0.2, -0.15) is 4.98 Å². The van der Waals surface area contributed by atoms with Crippen LogP contribution in [0.5, 0.6) is 0 Å². The summed E-state index contributed by atoms with van der Waals surface area (Å²) in [5, 5.41) is 8.17. The first-order valence-corrected chi connectivity index (χ1v) is 10.4. The topological polar surface area (TPSA) is 105 Å². The van der Waals surface area contributed by atoms with E-state index >= 15 is 0 Å². The molecular formula is C16H15FN4O4S2. The van der Waals surface area contributed by atoms with E-state index in [-0.39, 0.29) is 18.1 Å². The molecule has 0 aliphatic heterocycles. The number of rotatable bonds is 7. The highest BCUT2D eigenvalue weighted by molar-refractivity contribution is 7.92. The molecule has 0 aliphatic carbocycles. The molecule has 0 aliphatic rings. The van der Waals surface area contributed by atoms with Crippen molar-refractivity contribution < 1.29 is 22.1 Å². The summed E-state index contributed by atoms with van der Waals surface area (Å²) in [6, 6.07) is 9.00. The van der Waals surface area contributed by atoms with E-state index in [4.69, 9.17) is 4.52 Å². The van der Waals surface area contributed by atoms with Crippen LogP contribution in [0.15, 0.2) is 46.3 Å². The molecule has 2 aromatic heterocycles. The van der Waals surface area contributed by atoms with Gasteiger partial charge >= 0.3 is 0 Å². The van der Waals surface area contributed by atoms with Crippen molar-refractivity contribution in [1.29, 1.82) is 0 Å². The Kier molecular flexibility index (Phi) is 5.51. The highest BCUT2D eigenvalue weighted by Gasteiger charge is 2.23. The van der Waals surface area contributed by atoms with Gasteiger partial charge in [0.1, 0.15) is 12.4 Å². The lowest BCUT2D eigenvalue weighted by molar-refractivity contribution is -0.119. The number of anilines is 1. The van der Waals surface area contributed by atoms with Crippen molar-refractivity contribution in [3.05, 3.63) is 53.5 Å². The molecule has 0 atom stereocenters. The monoisotopic (exact) mass is 410 g/mol. The van der Waals surface area contributed by atoms with E-state index in [2.05, 4.69) is 15.5 Å². The summed E-state index contributed by atoms with van der Waals surface area (Å²) in [7, 11) is -3.86. The van der Waals surface area contributed by atoms with Crippen LogP contribution in [0, 0.1) is 5.82 Å². The molecule has 8 nitrogen and oxygen atoms in total. The van der Waals surface area contributed by atoms with E-state index in [1.807, 2.05) is 17.5 Å². The molecule has 27 heavy (non-hydrogen) atoms. The van der Waals surface area contributed by atoms with Gasteiger partial charge in [0, 0.05) is 0 Å². The largest absolute Gasteiger partial charge is 0.345 e. The normalized spacial score (nSPS) is 11.3. The van der Waals surface area contributed by atoms with Gasteiger partial charge in [-0.1, -0.05) is 23.4 Å². The molecule has 0 radical (unpaired) electrons. The first kappa shape index (κ1) is 19.0. The van der Waals surface area contributed by atoms with E-state index in [0.29, 0.717) is 10.1 Å². The third kappa shape index (κ3) is 4.68. The highest BCUT2D eigenvalue weighted by Crippen LogP contribution is 2.22. The standard InChI is InChI=1S/C16H15FN4O4S2/c1-27(23,24)21(12-6-3-2-5-11(12)17)10-14(22)18-9-15-19-16(20-25-15)13-7-4-8-26-13/h2-8H,9-10H2,1H3,(H,18,22). The lowest BCUT2D eigenvalue weighted by Gasteiger charge is -2.22. The van der Waals surface area contributed by atoms with Crippen molar-refractivity contribution >= 4 is 33.0 Å². The number of hydrogen-bond acceptors (Lipinski definition) is 7. The number of sulfonamides is 1. The van der Waals surface area contributed by atoms with Crippen molar-refractivity contribution in [2.75, 3.05) is 17.1 Å². The van der Waals surface area contributed by atoms with Gasteiger partial charge < -0.3 is 9.84 Å². The number of thiophene rings is 1. The molecule has 0 bridgehead atoms. The number of carbonyl (C=O) groups is 1. The number of amides is 1. The molecule has 1 aromatic carbocycles. The predicted octanol–water partition coefficient (Wildman–Crippen LogP) is 2.02. The van der Waals surface area contributed by atoms with Crippen LogP contribution in [0.1, 0.15) is 5.89 Å². The van der Waals surface area contributed by atoms with Gasteiger partial charge in [0.15, 0.2) is 0 Å². The zero-order valence-corrected chi connectivity index (χ0v) is 15.8. The first-order chi connectivity index (χ1) is 12.8. The fourth-order valence-corrected chi connectivity index (χ4v) is 3.73. The molecular weight excluding hydrogens is 395 g/mol. The summed E-state index contributed by atoms with van der Waals surface area (Å²) in [5.74, 6) is -0.810. The van der Waals surface area contributed by atoms with Crippen molar-refractivity contribution in [2.45, 2.75) is 6.54 Å². The van der Waals surface area contributed by atoms with Gasteiger partial charge in [-0.15, -0.1) is 11.3 Å².